The van der Waals surface area contributed by atoms with Crippen molar-refractivity contribution in [2.45, 2.75) is 6.42 Å². The largest absolute Gasteiger partial charge is 0.508 e. The average molecular weight is 231 g/mol. The minimum atomic E-state index is -0.133. The number of benzene rings is 1. The van der Waals surface area contributed by atoms with E-state index in [0.717, 1.165) is 18.7 Å². The van der Waals surface area contributed by atoms with Gasteiger partial charge in [-0.15, -0.1) is 0 Å². The van der Waals surface area contributed by atoms with Crippen LogP contribution in [-0.4, -0.2) is 29.8 Å². The molecule has 0 bridgehead atoms. The molecule has 2 aliphatic rings. The zero-order valence-electron chi connectivity index (χ0n) is 9.26. The smallest absolute Gasteiger partial charge is 0.257 e. The summed E-state index contributed by atoms with van der Waals surface area (Å²) >= 11 is 0. The van der Waals surface area contributed by atoms with Crippen LogP contribution in [0.15, 0.2) is 29.4 Å². The molecule has 0 radical (unpaired) electrons. The second kappa shape index (κ2) is 3.85. The Balaban J connectivity index is 1.94. The number of nitrogens with zero attached hydrogens (tertiary/aromatic N) is 2. The van der Waals surface area contributed by atoms with Gasteiger partial charge in [-0.3, -0.25) is 4.79 Å². The fraction of sp³-hybridized carbons (Fsp3) is 0.333. The number of phenols is 1. The number of aromatic hydroxyl groups is 1. The molecule has 1 atom stereocenters. The van der Waals surface area contributed by atoms with Gasteiger partial charge in [-0.05, 0) is 12.1 Å². The summed E-state index contributed by atoms with van der Waals surface area (Å²) in [5.74, 6) is -0.00704. The Labute approximate surface area is 98.7 Å². The molecule has 0 aromatic heterocycles. The maximum Gasteiger partial charge on any atom is 0.257 e. The number of nitrogens with one attached hydrogen (secondary N) is 1. The van der Waals surface area contributed by atoms with E-state index in [0.29, 0.717) is 12.2 Å². The van der Waals surface area contributed by atoms with E-state index < -0.39 is 0 Å². The lowest BCUT2D eigenvalue weighted by Crippen LogP contribution is -2.40. The second-order valence-electron chi connectivity index (χ2n) is 4.27. The topological polar surface area (TPSA) is 64.9 Å². The third-order valence-corrected chi connectivity index (χ3v) is 3.12. The first-order valence-corrected chi connectivity index (χ1v) is 5.67. The molecule has 0 spiro atoms. The van der Waals surface area contributed by atoms with Crippen LogP contribution < -0.4 is 10.3 Å². The lowest BCUT2D eigenvalue weighted by Gasteiger charge is -2.18. The first-order valence-electron chi connectivity index (χ1n) is 5.67. The van der Waals surface area contributed by atoms with Gasteiger partial charge in [0.15, 0.2) is 0 Å². The maximum atomic E-state index is 12.1. The quantitative estimate of drug-likeness (QED) is 0.748. The van der Waals surface area contributed by atoms with Gasteiger partial charge in [0.1, 0.15) is 5.75 Å². The van der Waals surface area contributed by atoms with Crippen LogP contribution in [0.4, 0.5) is 5.69 Å². The van der Waals surface area contributed by atoms with Gasteiger partial charge in [-0.25, -0.2) is 5.01 Å². The predicted octanol–water partition coefficient (Wildman–Crippen LogP) is 0.704. The van der Waals surface area contributed by atoms with Crippen LogP contribution in [0.2, 0.25) is 0 Å². The van der Waals surface area contributed by atoms with E-state index in [2.05, 4.69) is 10.4 Å². The molecular weight excluding hydrogens is 218 g/mol. The number of hydrogen-bond acceptors (Lipinski definition) is 4. The Morgan fingerprint density at radius 2 is 2.35 bits per heavy atom. The van der Waals surface area contributed by atoms with Crippen molar-refractivity contribution < 1.29 is 9.90 Å². The molecule has 88 valence electrons. The molecule has 3 rings (SSSR count). The van der Waals surface area contributed by atoms with Gasteiger partial charge in [0.05, 0.1) is 17.3 Å². The first-order chi connectivity index (χ1) is 8.25. The Morgan fingerprint density at radius 3 is 3.12 bits per heavy atom. The number of amides is 1. The Kier molecular flexibility index (Phi) is 2.33. The Bertz CT molecular complexity index is 498. The van der Waals surface area contributed by atoms with Gasteiger partial charge < -0.3 is 10.4 Å². The number of hydrazone groups is 1. The summed E-state index contributed by atoms with van der Waals surface area (Å²) in [6.07, 6.45) is 0.811. The minimum absolute atomic E-state index is 0.0159. The zero-order chi connectivity index (χ0) is 11.8. The summed E-state index contributed by atoms with van der Waals surface area (Å²) in [5, 5.41) is 18.4. The Morgan fingerprint density at radius 1 is 1.47 bits per heavy atom. The molecule has 17 heavy (non-hydrogen) atoms. The van der Waals surface area contributed by atoms with Crippen molar-refractivity contribution in [2.24, 2.45) is 11.0 Å². The van der Waals surface area contributed by atoms with Crippen LogP contribution in [0, 0.1) is 5.92 Å². The highest BCUT2D eigenvalue weighted by atomic mass is 16.3. The van der Waals surface area contributed by atoms with Crippen LogP contribution in [0.25, 0.3) is 0 Å². The fourth-order valence-electron chi connectivity index (χ4n) is 2.24. The van der Waals surface area contributed by atoms with Crippen molar-refractivity contribution in [1.29, 1.82) is 0 Å². The molecule has 5 heteroatoms. The number of fused-ring (bicyclic) bond motifs is 1. The molecule has 0 saturated carbocycles. The number of carbonyl (C=O) groups is 1. The van der Waals surface area contributed by atoms with Gasteiger partial charge in [-0.2, -0.15) is 5.10 Å². The van der Waals surface area contributed by atoms with Gasteiger partial charge in [0, 0.05) is 25.6 Å². The number of carbonyl (C=O) groups excluding carboxylic acids is 1. The normalized spacial score (nSPS) is 23.5. The van der Waals surface area contributed by atoms with Gasteiger partial charge in [0.2, 0.25) is 0 Å². The maximum absolute atomic E-state index is 12.1. The van der Waals surface area contributed by atoms with E-state index in [1.54, 1.807) is 24.3 Å². The van der Waals surface area contributed by atoms with E-state index in [-0.39, 0.29) is 17.6 Å². The molecule has 2 N–H and O–H groups in total. The summed E-state index contributed by atoms with van der Waals surface area (Å²) in [7, 11) is 0. The summed E-state index contributed by atoms with van der Waals surface area (Å²) < 4.78 is 0. The van der Waals surface area contributed by atoms with Crippen LogP contribution in [0.3, 0.4) is 0 Å². The van der Waals surface area contributed by atoms with E-state index in [1.165, 1.54) is 5.01 Å². The lowest BCUT2D eigenvalue weighted by molar-refractivity contribution is -0.119. The third-order valence-electron chi connectivity index (χ3n) is 3.12. The van der Waals surface area contributed by atoms with Crippen molar-refractivity contribution in [3.63, 3.8) is 0 Å². The number of piperidine rings is 1. The van der Waals surface area contributed by atoms with Gasteiger partial charge in [-0.1, -0.05) is 6.07 Å². The standard InChI is InChI=1S/C12H13N3O2/c16-9-3-1-2-8(6-9)15-12(17)10-7-13-5-4-11(10)14-15/h1-3,6,10,13,16H,4-5,7H2. The molecule has 0 aliphatic carbocycles. The molecule has 1 aromatic carbocycles. The third kappa shape index (κ3) is 1.68. The van der Waals surface area contributed by atoms with Crippen molar-refractivity contribution >= 4 is 17.3 Å². The van der Waals surface area contributed by atoms with Crippen molar-refractivity contribution in [3.8, 4) is 5.75 Å². The molecule has 1 aromatic rings. The monoisotopic (exact) mass is 231 g/mol. The summed E-state index contributed by atoms with van der Waals surface area (Å²) in [6.45, 7) is 1.53. The molecule has 1 unspecified atom stereocenters. The molecule has 2 heterocycles. The molecular formula is C12H13N3O2. The van der Waals surface area contributed by atoms with Crippen LogP contribution >= 0.6 is 0 Å². The van der Waals surface area contributed by atoms with Crippen LogP contribution in [-0.2, 0) is 4.79 Å². The van der Waals surface area contributed by atoms with Crippen molar-refractivity contribution in [2.75, 3.05) is 18.1 Å². The highest BCUT2D eigenvalue weighted by Gasteiger charge is 2.37. The molecule has 1 saturated heterocycles. The van der Waals surface area contributed by atoms with E-state index >= 15 is 0 Å². The zero-order valence-corrected chi connectivity index (χ0v) is 9.26. The molecule has 5 nitrogen and oxygen atoms in total. The van der Waals surface area contributed by atoms with E-state index in [9.17, 15) is 9.90 Å². The fourth-order valence-corrected chi connectivity index (χ4v) is 2.24. The Hall–Kier alpha value is -1.88. The van der Waals surface area contributed by atoms with E-state index in [4.69, 9.17) is 0 Å². The van der Waals surface area contributed by atoms with Gasteiger partial charge in [0.25, 0.3) is 5.91 Å². The highest BCUT2D eigenvalue weighted by Crippen LogP contribution is 2.28. The number of phenolic OH excluding ortho intramolecular Hbond substituents is 1. The SMILES string of the molecule is O=C1C2CNCCC2=NN1c1cccc(O)c1. The number of anilines is 1. The number of hydrogen-bond donors (Lipinski definition) is 2. The first kappa shape index (κ1) is 10.3. The second-order valence-corrected chi connectivity index (χ2v) is 4.27. The van der Waals surface area contributed by atoms with Crippen LogP contribution in [0.1, 0.15) is 6.42 Å². The van der Waals surface area contributed by atoms with Crippen molar-refractivity contribution in [3.05, 3.63) is 24.3 Å². The molecule has 1 amide bonds. The van der Waals surface area contributed by atoms with Gasteiger partial charge >= 0.3 is 0 Å². The summed E-state index contributed by atoms with van der Waals surface area (Å²) in [6, 6.07) is 6.60. The molecule has 1 fully saturated rings. The lowest BCUT2D eigenvalue weighted by atomic mass is 9.97. The van der Waals surface area contributed by atoms with Crippen molar-refractivity contribution in [1.82, 2.24) is 5.32 Å². The predicted molar refractivity (Wildman–Crippen MR) is 64.0 cm³/mol. The molecule has 2 aliphatic heterocycles. The highest BCUT2D eigenvalue weighted by molar-refractivity contribution is 6.16. The average Bonchev–Trinajstić information content (AvgIpc) is 2.68. The van der Waals surface area contributed by atoms with Crippen LogP contribution in [0.5, 0.6) is 5.75 Å². The summed E-state index contributed by atoms with van der Waals surface area (Å²) in [4.78, 5) is 12.1. The minimum Gasteiger partial charge on any atom is -0.508 e. The number of rotatable bonds is 1. The van der Waals surface area contributed by atoms with E-state index in [1.807, 2.05) is 0 Å². The summed E-state index contributed by atoms with van der Waals surface area (Å²) in [5.41, 5.74) is 1.56.